The van der Waals surface area contributed by atoms with E-state index in [9.17, 15) is 18.3 Å². The summed E-state index contributed by atoms with van der Waals surface area (Å²) in [6, 6.07) is 11.3. The number of phenols is 1. The molecule has 0 spiro atoms. The quantitative estimate of drug-likeness (QED) is 0.889. The van der Waals surface area contributed by atoms with E-state index in [1.807, 2.05) is 37.3 Å². The molecule has 138 valence electrons. The van der Waals surface area contributed by atoms with Crippen molar-refractivity contribution in [2.75, 3.05) is 25.2 Å². The lowest BCUT2D eigenvalue weighted by Gasteiger charge is -2.19. The second-order valence-corrected chi connectivity index (χ2v) is 8.67. The van der Waals surface area contributed by atoms with Crippen LogP contribution in [-0.4, -0.2) is 49.5 Å². The molecule has 0 unspecified atom stereocenters. The molecule has 1 N–H and O–H groups in total. The normalized spacial score (nSPS) is 14.3. The van der Waals surface area contributed by atoms with Crippen LogP contribution in [-0.2, 0) is 21.2 Å². The Morgan fingerprint density at radius 1 is 1.27 bits per heavy atom. The molecule has 1 aliphatic rings. The van der Waals surface area contributed by atoms with Gasteiger partial charge in [0.25, 0.3) is 0 Å². The van der Waals surface area contributed by atoms with E-state index in [-0.39, 0.29) is 25.4 Å². The van der Waals surface area contributed by atoms with E-state index in [4.69, 9.17) is 4.74 Å². The van der Waals surface area contributed by atoms with Gasteiger partial charge in [-0.3, -0.25) is 4.79 Å². The molecule has 0 saturated heterocycles. The molecule has 2 aromatic rings. The topological polar surface area (TPSA) is 83.9 Å². The first kappa shape index (κ1) is 18.3. The van der Waals surface area contributed by atoms with Crippen molar-refractivity contribution in [3.8, 4) is 22.6 Å². The van der Waals surface area contributed by atoms with Gasteiger partial charge in [-0.1, -0.05) is 24.3 Å². The van der Waals surface area contributed by atoms with Crippen LogP contribution < -0.4 is 4.74 Å². The number of ether oxygens (including phenoxy) is 1. The molecule has 1 amide bonds. The van der Waals surface area contributed by atoms with Gasteiger partial charge >= 0.3 is 0 Å². The summed E-state index contributed by atoms with van der Waals surface area (Å²) in [5.41, 5.74) is 3.51. The fourth-order valence-electron chi connectivity index (χ4n) is 3.08. The summed E-state index contributed by atoms with van der Waals surface area (Å²) in [6.07, 6.45) is 1.04. The van der Waals surface area contributed by atoms with Crippen molar-refractivity contribution in [3.05, 3.63) is 47.5 Å². The molecule has 0 bridgehead atoms. The fourth-order valence-corrected chi connectivity index (χ4v) is 3.71. The number of carbonyl (C=O) groups excluding carboxylic acids is 1. The molecule has 0 radical (unpaired) electrons. The van der Waals surface area contributed by atoms with Crippen LogP contribution in [0.25, 0.3) is 11.1 Å². The van der Waals surface area contributed by atoms with Gasteiger partial charge in [0.15, 0.2) is 21.3 Å². The molecule has 2 aromatic carbocycles. The first-order valence-electron chi connectivity index (χ1n) is 8.25. The van der Waals surface area contributed by atoms with Crippen molar-refractivity contribution in [3.63, 3.8) is 0 Å². The maximum Gasteiger partial charge on any atom is 0.238 e. The predicted octanol–water partition coefficient (Wildman–Crippen LogP) is 2.13. The summed E-state index contributed by atoms with van der Waals surface area (Å²) < 4.78 is 28.5. The Kier molecular flexibility index (Phi) is 4.91. The number of phenolic OH excluding ortho intramolecular Hbond substituents is 1. The first-order valence-corrected chi connectivity index (χ1v) is 10.3. The zero-order valence-electron chi connectivity index (χ0n) is 14.7. The van der Waals surface area contributed by atoms with Crippen LogP contribution in [0.5, 0.6) is 11.5 Å². The van der Waals surface area contributed by atoms with Gasteiger partial charge in [-0.15, -0.1) is 0 Å². The molecule has 7 heteroatoms. The highest BCUT2D eigenvalue weighted by molar-refractivity contribution is 7.91. The van der Waals surface area contributed by atoms with Crippen LogP contribution in [0.2, 0.25) is 0 Å². The SMILES string of the molecule is Cc1ccccc1-c1cc(O)c2c(c1)CN(C(=O)CS(C)(=O)=O)CCO2. The summed E-state index contributed by atoms with van der Waals surface area (Å²) in [6.45, 7) is 2.63. The Balaban J connectivity index is 1.98. The van der Waals surface area contributed by atoms with Gasteiger partial charge in [0.05, 0.1) is 6.54 Å². The highest BCUT2D eigenvalue weighted by Gasteiger charge is 2.25. The van der Waals surface area contributed by atoms with Crippen molar-refractivity contribution >= 4 is 15.7 Å². The smallest absolute Gasteiger partial charge is 0.238 e. The minimum absolute atomic E-state index is 0.0122. The van der Waals surface area contributed by atoms with E-state index in [2.05, 4.69) is 0 Å². The third-order valence-corrected chi connectivity index (χ3v) is 5.08. The Morgan fingerprint density at radius 3 is 2.69 bits per heavy atom. The highest BCUT2D eigenvalue weighted by Crippen LogP contribution is 2.38. The van der Waals surface area contributed by atoms with Gasteiger partial charge in [0.1, 0.15) is 12.4 Å². The molecule has 0 atom stereocenters. The number of aryl methyl sites for hydroxylation is 1. The molecule has 6 nitrogen and oxygen atoms in total. The molecular weight excluding hydrogens is 354 g/mol. The third-order valence-electron chi connectivity index (χ3n) is 4.31. The lowest BCUT2D eigenvalue weighted by Crippen LogP contribution is -2.36. The van der Waals surface area contributed by atoms with Gasteiger partial charge in [0.2, 0.25) is 5.91 Å². The van der Waals surface area contributed by atoms with E-state index >= 15 is 0 Å². The number of nitrogens with zero attached hydrogens (tertiary/aromatic N) is 1. The number of amides is 1. The Bertz CT molecular complexity index is 952. The van der Waals surface area contributed by atoms with E-state index in [1.54, 1.807) is 6.07 Å². The predicted molar refractivity (Wildman–Crippen MR) is 98.9 cm³/mol. The number of hydrogen-bond acceptors (Lipinski definition) is 5. The van der Waals surface area contributed by atoms with Gasteiger partial charge in [-0.2, -0.15) is 0 Å². The molecule has 0 aliphatic carbocycles. The number of aromatic hydroxyl groups is 1. The monoisotopic (exact) mass is 375 g/mol. The zero-order valence-corrected chi connectivity index (χ0v) is 15.5. The van der Waals surface area contributed by atoms with Gasteiger partial charge < -0.3 is 14.7 Å². The molecule has 3 rings (SSSR count). The fraction of sp³-hybridized carbons (Fsp3) is 0.316. The first-order chi connectivity index (χ1) is 12.2. The number of sulfone groups is 1. The number of benzene rings is 2. The van der Waals surface area contributed by atoms with Gasteiger partial charge in [-0.25, -0.2) is 8.42 Å². The lowest BCUT2D eigenvalue weighted by atomic mass is 9.98. The van der Waals surface area contributed by atoms with Gasteiger partial charge in [-0.05, 0) is 35.7 Å². The summed E-state index contributed by atoms with van der Waals surface area (Å²) in [7, 11) is -3.41. The number of fused-ring (bicyclic) bond motifs is 1. The van der Waals surface area contributed by atoms with E-state index in [1.165, 1.54) is 4.90 Å². The Hall–Kier alpha value is -2.54. The average Bonchev–Trinajstić information content (AvgIpc) is 2.76. The van der Waals surface area contributed by atoms with E-state index in [0.717, 1.165) is 22.9 Å². The van der Waals surface area contributed by atoms with Crippen LogP contribution >= 0.6 is 0 Å². The van der Waals surface area contributed by atoms with E-state index in [0.29, 0.717) is 11.3 Å². The minimum atomic E-state index is -3.41. The molecule has 0 aromatic heterocycles. The number of hydrogen-bond donors (Lipinski definition) is 1. The molecule has 0 fully saturated rings. The lowest BCUT2D eigenvalue weighted by molar-refractivity contribution is -0.129. The van der Waals surface area contributed by atoms with Crippen molar-refractivity contribution < 1.29 is 23.1 Å². The second kappa shape index (κ2) is 6.99. The van der Waals surface area contributed by atoms with Crippen molar-refractivity contribution in [2.45, 2.75) is 13.5 Å². The summed E-state index contributed by atoms with van der Waals surface area (Å²) >= 11 is 0. The summed E-state index contributed by atoms with van der Waals surface area (Å²) in [4.78, 5) is 13.8. The maximum absolute atomic E-state index is 12.3. The van der Waals surface area contributed by atoms with Crippen LogP contribution in [0.1, 0.15) is 11.1 Å². The zero-order chi connectivity index (χ0) is 18.9. The summed E-state index contributed by atoms with van der Waals surface area (Å²) in [5.74, 6) is -0.647. The average molecular weight is 375 g/mol. The largest absolute Gasteiger partial charge is 0.504 e. The third kappa shape index (κ3) is 3.99. The van der Waals surface area contributed by atoms with Crippen molar-refractivity contribution in [1.82, 2.24) is 4.90 Å². The highest BCUT2D eigenvalue weighted by atomic mass is 32.2. The van der Waals surface area contributed by atoms with Crippen LogP contribution in [0, 0.1) is 6.92 Å². The van der Waals surface area contributed by atoms with Crippen LogP contribution in [0.3, 0.4) is 0 Å². The van der Waals surface area contributed by atoms with Crippen molar-refractivity contribution in [1.29, 1.82) is 0 Å². The molecular formula is C19H21NO5S. The van der Waals surface area contributed by atoms with E-state index < -0.39 is 21.5 Å². The Labute approximate surface area is 152 Å². The standard InChI is InChI=1S/C19H21NO5S/c1-13-5-3-4-6-16(13)14-9-15-11-20(18(22)12-26(2,23)24)7-8-25-19(15)17(21)10-14/h3-6,9-10,21H,7-8,11-12H2,1-2H3. The number of rotatable bonds is 3. The molecule has 0 saturated carbocycles. The summed E-state index contributed by atoms with van der Waals surface area (Å²) in [5, 5.41) is 10.4. The molecule has 1 aliphatic heterocycles. The van der Waals surface area contributed by atoms with Crippen LogP contribution in [0.15, 0.2) is 36.4 Å². The van der Waals surface area contributed by atoms with Gasteiger partial charge in [0, 0.05) is 18.4 Å². The number of carbonyl (C=O) groups is 1. The Morgan fingerprint density at radius 2 is 2.00 bits per heavy atom. The second-order valence-electron chi connectivity index (χ2n) is 6.53. The molecule has 1 heterocycles. The maximum atomic E-state index is 12.3. The van der Waals surface area contributed by atoms with Crippen molar-refractivity contribution in [2.24, 2.45) is 0 Å². The van der Waals surface area contributed by atoms with Crippen LogP contribution in [0.4, 0.5) is 0 Å². The molecule has 26 heavy (non-hydrogen) atoms. The minimum Gasteiger partial charge on any atom is -0.504 e.